The lowest BCUT2D eigenvalue weighted by Crippen LogP contribution is -2.42. The molecule has 5 nitrogen and oxygen atoms in total. The van der Waals surface area contributed by atoms with Crippen LogP contribution in [0, 0.1) is 0 Å². The van der Waals surface area contributed by atoms with Crippen molar-refractivity contribution in [2.75, 3.05) is 5.73 Å². The van der Waals surface area contributed by atoms with Gasteiger partial charge in [0.1, 0.15) is 4.90 Å². The maximum atomic E-state index is 12.0. The molecular formula is C10H14ClN3O2S2. The number of hydrogen-bond acceptors (Lipinski definition) is 4. The van der Waals surface area contributed by atoms with Crippen molar-refractivity contribution < 1.29 is 8.42 Å². The Morgan fingerprint density at radius 1 is 1.44 bits per heavy atom. The SMILES string of the molecule is CC(C)NC(=S)NS(=O)(=O)c1cccc(Cl)c1N. The van der Waals surface area contributed by atoms with E-state index in [0.717, 1.165) is 0 Å². The summed E-state index contributed by atoms with van der Waals surface area (Å²) in [6.45, 7) is 3.68. The number of nitrogens with one attached hydrogen (secondary N) is 2. The summed E-state index contributed by atoms with van der Waals surface area (Å²) in [6, 6.07) is 4.41. The minimum atomic E-state index is -3.82. The van der Waals surface area contributed by atoms with Gasteiger partial charge in [0.05, 0.1) is 10.7 Å². The Labute approximate surface area is 117 Å². The van der Waals surface area contributed by atoms with Gasteiger partial charge in [-0.05, 0) is 38.2 Å². The molecule has 0 fully saturated rings. The minimum Gasteiger partial charge on any atom is -0.396 e. The van der Waals surface area contributed by atoms with Gasteiger partial charge >= 0.3 is 0 Å². The first-order valence-electron chi connectivity index (χ1n) is 5.11. The molecule has 0 saturated heterocycles. The van der Waals surface area contributed by atoms with Crippen LogP contribution in [0.3, 0.4) is 0 Å². The van der Waals surface area contributed by atoms with Gasteiger partial charge in [-0.1, -0.05) is 17.7 Å². The Morgan fingerprint density at radius 2 is 2.06 bits per heavy atom. The zero-order chi connectivity index (χ0) is 13.9. The van der Waals surface area contributed by atoms with Gasteiger partial charge in [0.2, 0.25) is 0 Å². The third-order valence-corrected chi connectivity index (χ3v) is 4.04. The normalized spacial score (nSPS) is 11.3. The number of nitrogens with two attached hydrogens (primary N) is 1. The van der Waals surface area contributed by atoms with E-state index >= 15 is 0 Å². The van der Waals surface area contributed by atoms with E-state index in [9.17, 15) is 8.42 Å². The van der Waals surface area contributed by atoms with Crippen LogP contribution in [0.25, 0.3) is 0 Å². The second-order valence-electron chi connectivity index (χ2n) is 3.89. The zero-order valence-corrected chi connectivity index (χ0v) is 12.3. The van der Waals surface area contributed by atoms with Crippen molar-refractivity contribution >= 4 is 44.6 Å². The number of sulfonamides is 1. The minimum absolute atomic E-state index is 0.000913. The highest BCUT2D eigenvalue weighted by atomic mass is 35.5. The molecule has 0 radical (unpaired) electrons. The highest BCUT2D eigenvalue weighted by Gasteiger charge is 2.20. The van der Waals surface area contributed by atoms with E-state index in [1.807, 2.05) is 13.8 Å². The van der Waals surface area contributed by atoms with Gasteiger partial charge in [0.15, 0.2) is 5.11 Å². The highest BCUT2D eigenvalue weighted by Crippen LogP contribution is 2.25. The van der Waals surface area contributed by atoms with E-state index in [2.05, 4.69) is 10.0 Å². The zero-order valence-electron chi connectivity index (χ0n) is 9.90. The van der Waals surface area contributed by atoms with Crippen LogP contribution in [0.4, 0.5) is 5.69 Å². The number of hydrogen-bond donors (Lipinski definition) is 3. The summed E-state index contributed by atoms with van der Waals surface area (Å²) in [4.78, 5) is -0.0945. The Balaban J connectivity index is 3.01. The first kappa shape index (κ1) is 15.0. The standard InChI is InChI=1S/C10H14ClN3O2S2/c1-6(2)13-10(17)14-18(15,16)8-5-3-4-7(11)9(8)12/h3-6H,12H2,1-2H3,(H2,13,14,17). The molecule has 18 heavy (non-hydrogen) atoms. The molecule has 8 heteroatoms. The van der Waals surface area contributed by atoms with Gasteiger partial charge in [-0.2, -0.15) is 0 Å². The Morgan fingerprint density at radius 3 is 2.61 bits per heavy atom. The van der Waals surface area contributed by atoms with Crippen molar-refractivity contribution in [3.05, 3.63) is 23.2 Å². The molecule has 0 spiro atoms. The van der Waals surface area contributed by atoms with Crippen molar-refractivity contribution in [1.29, 1.82) is 0 Å². The van der Waals surface area contributed by atoms with E-state index in [4.69, 9.17) is 29.6 Å². The van der Waals surface area contributed by atoms with Gasteiger partial charge in [-0.3, -0.25) is 4.72 Å². The molecule has 4 N–H and O–H groups in total. The van der Waals surface area contributed by atoms with E-state index in [0.29, 0.717) is 0 Å². The smallest absolute Gasteiger partial charge is 0.265 e. The summed E-state index contributed by atoms with van der Waals surface area (Å²) in [5.74, 6) is 0. The lowest BCUT2D eigenvalue weighted by molar-refractivity contribution is 0.591. The van der Waals surface area contributed by atoms with Crippen molar-refractivity contribution in [2.24, 2.45) is 0 Å². The Bertz CT molecular complexity index is 558. The van der Waals surface area contributed by atoms with Crippen molar-refractivity contribution in [1.82, 2.24) is 10.0 Å². The van der Waals surface area contributed by atoms with E-state index in [1.165, 1.54) is 18.2 Å². The van der Waals surface area contributed by atoms with Gasteiger partial charge < -0.3 is 11.1 Å². The molecule has 0 saturated carbocycles. The first-order chi connectivity index (χ1) is 8.24. The number of benzene rings is 1. The molecule has 0 unspecified atom stereocenters. The fraction of sp³-hybridized carbons (Fsp3) is 0.300. The number of thiocarbonyl (C=S) groups is 1. The summed E-state index contributed by atoms with van der Waals surface area (Å²) in [7, 11) is -3.82. The monoisotopic (exact) mass is 307 g/mol. The largest absolute Gasteiger partial charge is 0.396 e. The molecule has 0 aliphatic carbocycles. The third kappa shape index (κ3) is 3.72. The number of rotatable bonds is 3. The number of halogens is 1. The van der Waals surface area contributed by atoms with Crippen LogP contribution in [0.5, 0.6) is 0 Å². The number of nitrogen functional groups attached to an aromatic ring is 1. The topological polar surface area (TPSA) is 84.2 Å². The van der Waals surface area contributed by atoms with Crippen LogP contribution in [0.2, 0.25) is 5.02 Å². The fourth-order valence-corrected chi connectivity index (χ4v) is 3.09. The van der Waals surface area contributed by atoms with Gasteiger partial charge in [-0.25, -0.2) is 8.42 Å². The first-order valence-corrected chi connectivity index (χ1v) is 7.38. The molecule has 1 aromatic carbocycles. The molecule has 0 heterocycles. The third-order valence-electron chi connectivity index (χ3n) is 1.95. The van der Waals surface area contributed by atoms with Crippen LogP contribution in [-0.2, 0) is 10.0 Å². The molecule has 0 aliphatic rings. The Hall–Kier alpha value is -1.05. The molecule has 0 bridgehead atoms. The van der Waals surface area contributed by atoms with Gasteiger partial charge in [0, 0.05) is 6.04 Å². The van der Waals surface area contributed by atoms with Gasteiger partial charge in [-0.15, -0.1) is 0 Å². The molecule has 0 amide bonds. The molecular weight excluding hydrogens is 294 g/mol. The molecule has 0 aromatic heterocycles. The number of anilines is 1. The van der Waals surface area contributed by atoms with Crippen molar-refractivity contribution in [2.45, 2.75) is 24.8 Å². The van der Waals surface area contributed by atoms with E-state index < -0.39 is 10.0 Å². The van der Waals surface area contributed by atoms with Crippen LogP contribution in [0.15, 0.2) is 23.1 Å². The Kier molecular flexibility index (Phi) is 4.78. The predicted molar refractivity (Wildman–Crippen MR) is 77.1 cm³/mol. The van der Waals surface area contributed by atoms with Gasteiger partial charge in [0.25, 0.3) is 10.0 Å². The second kappa shape index (κ2) is 5.73. The summed E-state index contributed by atoms with van der Waals surface area (Å²) in [5.41, 5.74) is 5.63. The van der Waals surface area contributed by atoms with Crippen molar-refractivity contribution in [3.63, 3.8) is 0 Å². The lowest BCUT2D eigenvalue weighted by Gasteiger charge is -2.14. The predicted octanol–water partition coefficient (Wildman–Crippen LogP) is 1.48. The lowest BCUT2D eigenvalue weighted by atomic mass is 10.3. The highest BCUT2D eigenvalue weighted by molar-refractivity contribution is 7.92. The second-order valence-corrected chi connectivity index (χ2v) is 6.35. The molecule has 100 valence electrons. The number of para-hydroxylation sites is 1. The molecule has 0 aliphatic heterocycles. The van der Waals surface area contributed by atoms with Crippen LogP contribution >= 0.6 is 23.8 Å². The fourth-order valence-electron chi connectivity index (χ4n) is 1.22. The average Bonchev–Trinajstić information content (AvgIpc) is 2.19. The van der Waals surface area contributed by atoms with Crippen LogP contribution in [0.1, 0.15) is 13.8 Å². The molecule has 1 aromatic rings. The summed E-state index contributed by atoms with van der Waals surface area (Å²) in [5, 5.41) is 2.97. The quantitative estimate of drug-likeness (QED) is 0.582. The van der Waals surface area contributed by atoms with E-state index in [1.54, 1.807) is 0 Å². The maximum absolute atomic E-state index is 12.0. The van der Waals surface area contributed by atoms with E-state index in [-0.39, 0.29) is 26.8 Å². The van der Waals surface area contributed by atoms with Crippen LogP contribution < -0.4 is 15.8 Å². The van der Waals surface area contributed by atoms with Crippen LogP contribution in [-0.4, -0.2) is 19.6 Å². The summed E-state index contributed by atoms with van der Waals surface area (Å²) in [6.07, 6.45) is 0. The molecule has 1 rings (SSSR count). The summed E-state index contributed by atoms with van der Waals surface area (Å²) < 4.78 is 26.3. The van der Waals surface area contributed by atoms with Crippen molar-refractivity contribution in [3.8, 4) is 0 Å². The molecule has 0 atom stereocenters. The maximum Gasteiger partial charge on any atom is 0.265 e. The average molecular weight is 308 g/mol. The summed E-state index contributed by atoms with van der Waals surface area (Å²) >= 11 is 10.7.